The van der Waals surface area contributed by atoms with Crippen molar-refractivity contribution in [2.75, 3.05) is 0 Å². The van der Waals surface area contributed by atoms with Crippen LogP contribution in [-0.2, 0) is 0 Å². The Labute approximate surface area is 91.8 Å². The molecule has 2 rings (SSSR count). The second kappa shape index (κ2) is 4.19. The summed E-state index contributed by atoms with van der Waals surface area (Å²) in [4.78, 5) is 19.0. The maximum Gasteiger partial charge on any atom is 0.159 e. The van der Waals surface area contributed by atoms with Crippen LogP contribution in [0.4, 0.5) is 0 Å². The Hall–Kier alpha value is -1.74. The maximum absolute atomic E-state index is 10.8. The van der Waals surface area contributed by atoms with E-state index in [4.69, 9.17) is 11.6 Å². The molecule has 1 aromatic heterocycles. The van der Waals surface area contributed by atoms with Crippen molar-refractivity contribution in [3.8, 4) is 11.4 Å². The van der Waals surface area contributed by atoms with Gasteiger partial charge in [-0.15, -0.1) is 0 Å². The van der Waals surface area contributed by atoms with Gasteiger partial charge in [0.25, 0.3) is 0 Å². The molecule has 15 heavy (non-hydrogen) atoms. The third-order valence-corrected chi connectivity index (χ3v) is 2.18. The molecule has 1 aromatic carbocycles. The summed E-state index contributed by atoms with van der Waals surface area (Å²) in [6.45, 7) is 0. The molecule has 0 spiro atoms. The zero-order valence-electron chi connectivity index (χ0n) is 7.72. The van der Waals surface area contributed by atoms with Crippen LogP contribution in [0.5, 0.6) is 0 Å². The molecule has 0 fully saturated rings. The van der Waals surface area contributed by atoms with Crippen molar-refractivity contribution in [2.24, 2.45) is 0 Å². The Morgan fingerprint density at radius 2 is 1.93 bits per heavy atom. The molecule has 74 valence electrons. The topological polar surface area (TPSA) is 42.9 Å². The summed E-state index contributed by atoms with van der Waals surface area (Å²) in [6.07, 6.45) is 4.01. The van der Waals surface area contributed by atoms with Crippen molar-refractivity contribution in [1.82, 2.24) is 9.97 Å². The van der Waals surface area contributed by atoms with E-state index >= 15 is 0 Å². The molecule has 0 atom stereocenters. The Morgan fingerprint density at radius 1 is 1.20 bits per heavy atom. The zero-order valence-corrected chi connectivity index (χ0v) is 8.48. The number of carbonyl (C=O) groups excluding carboxylic acids is 1. The van der Waals surface area contributed by atoms with Gasteiger partial charge < -0.3 is 0 Å². The Bertz CT molecular complexity index is 485. The van der Waals surface area contributed by atoms with Crippen molar-refractivity contribution in [2.45, 2.75) is 0 Å². The maximum atomic E-state index is 10.8. The molecule has 0 aliphatic heterocycles. The van der Waals surface area contributed by atoms with Gasteiger partial charge in [0, 0.05) is 28.5 Å². The lowest BCUT2D eigenvalue weighted by atomic mass is 10.1. The first-order valence-corrected chi connectivity index (χ1v) is 4.71. The van der Waals surface area contributed by atoms with Crippen LogP contribution in [0.2, 0.25) is 5.02 Å². The summed E-state index contributed by atoms with van der Waals surface area (Å²) in [5, 5.41) is 0.525. The lowest BCUT2D eigenvalue weighted by Gasteiger charge is -2.02. The second-order valence-electron chi connectivity index (χ2n) is 2.92. The molecule has 2 aromatic rings. The number of rotatable bonds is 2. The predicted molar refractivity (Wildman–Crippen MR) is 57.9 cm³/mol. The third-order valence-electron chi connectivity index (χ3n) is 1.95. The van der Waals surface area contributed by atoms with Gasteiger partial charge in [-0.05, 0) is 24.3 Å². The van der Waals surface area contributed by atoms with Gasteiger partial charge in [0.05, 0.1) is 0 Å². The summed E-state index contributed by atoms with van der Waals surface area (Å²) < 4.78 is 0. The lowest BCUT2D eigenvalue weighted by Crippen LogP contribution is -1.92. The minimum atomic E-state index is 0.494. The highest BCUT2D eigenvalue weighted by Crippen LogP contribution is 2.21. The van der Waals surface area contributed by atoms with Gasteiger partial charge in [0.15, 0.2) is 12.1 Å². The van der Waals surface area contributed by atoms with Gasteiger partial charge in [0.1, 0.15) is 0 Å². The fourth-order valence-corrected chi connectivity index (χ4v) is 1.45. The smallest absolute Gasteiger partial charge is 0.159 e. The van der Waals surface area contributed by atoms with E-state index in [1.165, 1.54) is 0 Å². The van der Waals surface area contributed by atoms with E-state index in [1.54, 1.807) is 36.7 Å². The first-order valence-electron chi connectivity index (χ1n) is 4.33. The summed E-state index contributed by atoms with van der Waals surface area (Å²) in [5.41, 5.74) is 1.18. The number of carbonyl (C=O) groups is 1. The van der Waals surface area contributed by atoms with Crippen LogP contribution in [0.15, 0.2) is 36.7 Å². The predicted octanol–water partition coefficient (Wildman–Crippen LogP) is 2.61. The van der Waals surface area contributed by atoms with E-state index in [2.05, 4.69) is 9.97 Å². The number of hydrogen-bond donors (Lipinski definition) is 0. The number of halogens is 1. The number of benzene rings is 1. The molecule has 3 nitrogen and oxygen atoms in total. The van der Waals surface area contributed by atoms with Crippen molar-refractivity contribution in [3.63, 3.8) is 0 Å². The van der Waals surface area contributed by atoms with Crippen LogP contribution in [-0.4, -0.2) is 16.3 Å². The van der Waals surface area contributed by atoms with Gasteiger partial charge in [-0.25, -0.2) is 9.97 Å². The van der Waals surface area contributed by atoms with Crippen LogP contribution in [0.1, 0.15) is 10.4 Å². The van der Waals surface area contributed by atoms with Gasteiger partial charge in [-0.2, -0.15) is 0 Å². The molecule has 0 unspecified atom stereocenters. The average Bonchev–Trinajstić information content (AvgIpc) is 2.30. The quantitative estimate of drug-likeness (QED) is 0.728. The monoisotopic (exact) mass is 218 g/mol. The van der Waals surface area contributed by atoms with Crippen molar-refractivity contribution < 1.29 is 4.79 Å². The highest BCUT2D eigenvalue weighted by atomic mass is 35.5. The minimum Gasteiger partial charge on any atom is -0.298 e. The summed E-state index contributed by atoms with van der Waals surface area (Å²) in [5.74, 6) is 0.524. The highest BCUT2D eigenvalue weighted by Gasteiger charge is 2.06. The molecular formula is C11H7ClN2O. The molecule has 4 heteroatoms. The van der Waals surface area contributed by atoms with Crippen molar-refractivity contribution in [1.29, 1.82) is 0 Å². The van der Waals surface area contributed by atoms with Gasteiger partial charge in [0.2, 0.25) is 0 Å². The molecule has 1 heterocycles. The van der Waals surface area contributed by atoms with Crippen molar-refractivity contribution >= 4 is 17.9 Å². The number of aromatic nitrogens is 2. The Kier molecular flexibility index (Phi) is 2.74. The van der Waals surface area contributed by atoms with Crippen LogP contribution in [0, 0.1) is 0 Å². The standard InChI is InChI=1S/C11H7ClN2O/c12-9-2-3-10(8(6-9)7-15)11-13-4-1-5-14-11/h1-7H. The van der Waals surface area contributed by atoms with Gasteiger partial charge in [-0.1, -0.05) is 11.6 Å². The largest absolute Gasteiger partial charge is 0.298 e. The second-order valence-corrected chi connectivity index (χ2v) is 3.36. The van der Waals surface area contributed by atoms with E-state index in [-0.39, 0.29) is 0 Å². The molecule has 0 aliphatic rings. The first kappa shape index (κ1) is 9.80. The number of hydrogen-bond acceptors (Lipinski definition) is 3. The third kappa shape index (κ3) is 2.02. The summed E-state index contributed by atoms with van der Waals surface area (Å²) in [7, 11) is 0. The van der Waals surface area contributed by atoms with E-state index in [9.17, 15) is 4.79 Å². The zero-order chi connectivity index (χ0) is 10.7. The Balaban J connectivity index is 2.58. The van der Waals surface area contributed by atoms with E-state index < -0.39 is 0 Å². The van der Waals surface area contributed by atoms with E-state index in [0.29, 0.717) is 22.0 Å². The fraction of sp³-hybridized carbons (Fsp3) is 0. The van der Waals surface area contributed by atoms with Crippen LogP contribution in [0.25, 0.3) is 11.4 Å². The summed E-state index contributed by atoms with van der Waals surface area (Å²) >= 11 is 5.78. The van der Waals surface area contributed by atoms with Gasteiger partial charge >= 0.3 is 0 Å². The van der Waals surface area contributed by atoms with Crippen LogP contribution in [0.3, 0.4) is 0 Å². The molecular weight excluding hydrogens is 212 g/mol. The number of nitrogens with zero attached hydrogens (tertiary/aromatic N) is 2. The fourth-order valence-electron chi connectivity index (χ4n) is 1.27. The molecule has 0 aliphatic carbocycles. The van der Waals surface area contributed by atoms with Crippen LogP contribution >= 0.6 is 11.6 Å². The normalized spacial score (nSPS) is 9.93. The number of aldehydes is 1. The Morgan fingerprint density at radius 3 is 2.60 bits per heavy atom. The minimum absolute atomic E-state index is 0.494. The molecule has 0 amide bonds. The lowest BCUT2D eigenvalue weighted by molar-refractivity contribution is 0.112. The molecule has 0 saturated carbocycles. The molecule has 0 N–H and O–H groups in total. The van der Waals surface area contributed by atoms with E-state index in [1.807, 2.05) is 0 Å². The summed E-state index contributed by atoms with van der Waals surface area (Å²) in [6, 6.07) is 6.77. The highest BCUT2D eigenvalue weighted by molar-refractivity contribution is 6.31. The molecule has 0 radical (unpaired) electrons. The van der Waals surface area contributed by atoms with E-state index in [0.717, 1.165) is 6.29 Å². The average molecular weight is 219 g/mol. The molecule has 0 bridgehead atoms. The first-order chi connectivity index (χ1) is 7.31. The van der Waals surface area contributed by atoms with Crippen molar-refractivity contribution in [3.05, 3.63) is 47.2 Å². The molecule has 0 saturated heterocycles. The van der Waals surface area contributed by atoms with Crippen LogP contribution < -0.4 is 0 Å². The van der Waals surface area contributed by atoms with Gasteiger partial charge in [-0.3, -0.25) is 4.79 Å². The SMILES string of the molecule is O=Cc1cc(Cl)ccc1-c1ncccn1.